The Morgan fingerprint density at radius 1 is 0.971 bits per heavy atom. The molecule has 3 rings (SSSR count). The van der Waals surface area contributed by atoms with Gasteiger partial charge in [0.05, 0.1) is 12.3 Å². The van der Waals surface area contributed by atoms with Crippen LogP contribution in [0.1, 0.15) is 16.8 Å². The number of aliphatic carboxylic acids is 1. The maximum atomic E-state index is 13.6. The van der Waals surface area contributed by atoms with E-state index >= 15 is 0 Å². The minimum atomic E-state index is -1.12. The Hall–Kier alpha value is -3.63. The van der Waals surface area contributed by atoms with E-state index in [4.69, 9.17) is 16.3 Å². The lowest BCUT2D eigenvalue weighted by atomic mass is 10.2. The molecule has 0 aliphatic carbocycles. The van der Waals surface area contributed by atoms with Crippen molar-refractivity contribution in [2.75, 3.05) is 17.2 Å². The first-order chi connectivity index (χ1) is 16.7. The van der Waals surface area contributed by atoms with Gasteiger partial charge in [-0.2, -0.15) is 0 Å². The molecular weight excluding hydrogens is 502 g/mol. The van der Waals surface area contributed by atoms with Crippen LogP contribution in [0.2, 0.25) is 5.02 Å². The van der Waals surface area contributed by atoms with E-state index in [1.165, 1.54) is 0 Å². The van der Waals surface area contributed by atoms with Crippen LogP contribution in [0.15, 0.2) is 71.6 Å². The van der Waals surface area contributed by atoms with Crippen molar-refractivity contribution in [2.45, 2.75) is 16.6 Å². The van der Waals surface area contributed by atoms with Gasteiger partial charge in [0, 0.05) is 33.7 Å². The van der Waals surface area contributed by atoms with Gasteiger partial charge in [-0.05, 0) is 60.7 Å². The van der Waals surface area contributed by atoms with E-state index in [9.17, 15) is 28.3 Å². The predicted octanol–water partition coefficient (Wildman–Crippen LogP) is 6.05. The molecule has 1 atom stereocenters. The number of hydrogen-bond acceptors (Lipinski definition) is 5. The lowest BCUT2D eigenvalue weighted by Gasteiger charge is -2.13. The number of benzene rings is 3. The summed E-state index contributed by atoms with van der Waals surface area (Å²) in [7, 11) is 0. The number of amides is 2. The molecule has 7 nitrogen and oxygen atoms in total. The fraction of sp³-hybridized carbons (Fsp3) is 0.125. The summed E-state index contributed by atoms with van der Waals surface area (Å²) in [4.78, 5) is 36.4. The van der Waals surface area contributed by atoms with Crippen molar-refractivity contribution in [2.24, 2.45) is 0 Å². The van der Waals surface area contributed by atoms with E-state index < -0.39 is 28.9 Å². The minimum Gasteiger partial charge on any atom is -0.480 e. The summed E-state index contributed by atoms with van der Waals surface area (Å²) in [6.45, 7) is -0.250. The zero-order valence-electron chi connectivity index (χ0n) is 18.0. The molecule has 0 aliphatic rings. The van der Waals surface area contributed by atoms with Gasteiger partial charge in [0.15, 0.2) is 0 Å². The van der Waals surface area contributed by atoms with Crippen LogP contribution in [-0.4, -0.2) is 34.9 Å². The van der Waals surface area contributed by atoms with Crippen LogP contribution in [0.3, 0.4) is 0 Å². The SMILES string of the molecule is O=C(Nc1ccc(F)cc1F)OCCC(Sc1ccc(C(=O)Nc2ccc(Cl)cc2)cc1)C(=O)O. The Morgan fingerprint density at radius 2 is 1.66 bits per heavy atom. The van der Waals surface area contributed by atoms with Gasteiger partial charge in [0.25, 0.3) is 5.91 Å². The molecule has 0 aromatic heterocycles. The van der Waals surface area contributed by atoms with Crippen LogP contribution in [0.4, 0.5) is 25.0 Å². The maximum absolute atomic E-state index is 13.6. The fourth-order valence-corrected chi connectivity index (χ4v) is 3.88. The molecule has 3 aromatic rings. The highest BCUT2D eigenvalue weighted by molar-refractivity contribution is 8.00. The molecule has 0 saturated carbocycles. The first-order valence-corrected chi connectivity index (χ1v) is 11.4. The number of carbonyl (C=O) groups is 3. The van der Waals surface area contributed by atoms with Crippen LogP contribution < -0.4 is 10.6 Å². The third kappa shape index (κ3) is 7.97. The van der Waals surface area contributed by atoms with E-state index in [0.717, 1.165) is 23.9 Å². The van der Waals surface area contributed by atoms with Crippen molar-refractivity contribution >= 4 is 52.7 Å². The molecule has 0 bridgehead atoms. The van der Waals surface area contributed by atoms with Crippen LogP contribution in [-0.2, 0) is 9.53 Å². The largest absolute Gasteiger partial charge is 0.480 e. The number of ether oxygens (including phenoxy) is 1. The number of nitrogens with one attached hydrogen (secondary N) is 2. The Bertz CT molecular complexity index is 1210. The van der Waals surface area contributed by atoms with Gasteiger partial charge in [-0.25, -0.2) is 13.6 Å². The summed E-state index contributed by atoms with van der Waals surface area (Å²) >= 11 is 6.85. The molecule has 1 unspecified atom stereocenters. The average Bonchev–Trinajstić information content (AvgIpc) is 2.82. The number of hydrogen-bond donors (Lipinski definition) is 3. The van der Waals surface area contributed by atoms with E-state index in [1.54, 1.807) is 48.5 Å². The van der Waals surface area contributed by atoms with Crippen LogP contribution >= 0.6 is 23.4 Å². The zero-order chi connectivity index (χ0) is 25.4. The Kier molecular flexibility index (Phi) is 9.04. The second-order valence-electron chi connectivity index (χ2n) is 7.10. The Morgan fingerprint density at radius 3 is 2.29 bits per heavy atom. The molecule has 0 heterocycles. The highest BCUT2D eigenvalue weighted by Crippen LogP contribution is 2.26. The number of anilines is 2. The molecular formula is C24H19ClF2N2O5S. The second kappa shape index (κ2) is 12.2. The molecule has 182 valence electrons. The average molecular weight is 521 g/mol. The van der Waals surface area contributed by atoms with Crippen molar-refractivity contribution in [3.05, 3.63) is 89.0 Å². The fourth-order valence-electron chi connectivity index (χ4n) is 2.81. The van der Waals surface area contributed by atoms with Gasteiger partial charge in [-0.15, -0.1) is 11.8 Å². The van der Waals surface area contributed by atoms with E-state index in [0.29, 0.717) is 27.2 Å². The van der Waals surface area contributed by atoms with Gasteiger partial charge in [-0.1, -0.05) is 11.6 Å². The van der Waals surface area contributed by atoms with Crippen LogP contribution in [0.5, 0.6) is 0 Å². The van der Waals surface area contributed by atoms with Gasteiger partial charge in [0.1, 0.15) is 16.9 Å². The molecule has 35 heavy (non-hydrogen) atoms. The standard InChI is InChI=1S/C24H19ClF2N2O5S/c25-15-3-6-17(7-4-15)28-22(30)14-1-8-18(9-2-14)35-21(23(31)32)11-12-34-24(33)29-20-10-5-16(26)13-19(20)27/h1-10,13,21H,11-12H2,(H,28,30)(H,29,33)(H,31,32). The Labute approximate surface area is 208 Å². The first-order valence-electron chi connectivity index (χ1n) is 10.2. The molecule has 0 aliphatic heterocycles. The number of carbonyl (C=O) groups excluding carboxylic acids is 2. The topological polar surface area (TPSA) is 105 Å². The smallest absolute Gasteiger partial charge is 0.411 e. The number of carboxylic acid groups (broad SMARTS) is 1. The third-order valence-electron chi connectivity index (χ3n) is 4.55. The molecule has 0 fully saturated rings. The summed E-state index contributed by atoms with van der Waals surface area (Å²) in [6.07, 6.45) is -1.03. The Balaban J connectivity index is 1.50. The third-order valence-corrected chi connectivity index (χ3v) is 6.07. The van der Waals surface area contributed by atoms with Crippen molar-refractivity contribution in [1.29, 1.82) is 0 Å². The highest BCUT2D eigenvalue weighted by Gasteiger charge is 2.20. The van der Waals surface area contributed by atoms with Crippen molar-refractivity contribution in [1.82, 2.24) is 0 Å². The van der Waals surface area contributed by atoms with Crippen molar-refractivity contribution < 1.29 is 33.0 Å². The summed E-state index contributed by atoms with van der Waals surface area (Å²) in [5.74, 6) is -3.21. The van der Waals surface area contributed by atoms with Crippen LogP contribution in [0.25, 0.3) is 0 Å². The number of rotatable bonds is 9. The lowest BCUT2D eigenvalue weighted by Crippen LogP contribution is -2.21. The molecule has 0 spiro atoms. The molecule has 2 amide bonds. The number of thioether (sulfide) groups is 1. The van der Waals surface area contributed by atoms with E-state index in [-0.39, 0.29) is 24.6 Å². The van der Waals surface area contributed by atoms with Gasteiger partial charge < -0.3 is 15.2 Å². The minimum absolute atomic E-state index is 0.0296. The first kappa shape index (κ1) is 26.0. The molecule has 3 aromatic carbocycles. The van der Waals surface area contributed by atoms with Gasteiger partial charge in [0.2, 0.25) is 0 Å². The van der Waals surface area contributed by atoms with E-state index in [1.807, 2.05) is 0 Å². The molecule has 3 N–H and O–H groups in total. The second-order valence-corrected chi connectivity index (χ2v) is 8.82. The predicted molar refractivity (Wildman–Crippen MR) is 129 cm³/mol. The van der Waals surface area contributed by atoms with Gasteiger partial charge in [-0.3, -0.25) is 14.9 Å². The summed E-state index contributed by atoms with van der Waals surface area (Å²) in [6, 6.07) is 15.6. The monoisotopic (exact) mass is 520 g/mol. The van der Waals surface area contributed by atoms with E-state index in [2.05, 4.69) is 10.6 Å². The zero-order valence-corrected chi connectivity index (χ0v) is 19.5. The summed E-state index contributed by atoms with van der Waals surface area (Å²) in [5.41, 5.74) is 0.694. The van der Waals surface area contributed by atoms with Crippen LogP contribution in [0, 0.1) is 11.6 Å². The summed E-state index contributed by atoms with van der Waals surface area (Å²) in [5, 5.41) is 13.9. The number of carboxylic acids is 1. The van der Waals surface area contributed by atoms with Crippen molar-refractivity contribution in [3.8, 4) is 0 Å². The summed E-state index contributed by atoms with van der Waals surface area (Å²) < 4.78 is 31.4. The van der Waals surface area contributed by atoms with Crippen molar-refractivity contribution in [3.63, 3.8) is 0 Å². The normalized spacial score (nSPS) is 11.4. The molecule has 11 heteroatoms. The lowest BCUT2D eigenvalue weighted by molar-refractivity contribution is -0.136. The molecule has 0 saturated heterocycles. The highest BCUT2D eigenvalue weighted by atomic mass is 35.5. The number of halogens is 3. The quantitative estimate of drug-likeness (QED) is 0.296. The molecule has 0 radical (unpaired) electrons. The maximum Gasteiger partial charge on any atom is 0.411 e. The van der Waals surface area contributed by atoms with Gasteiger partial charge >= 0.3 is 12.1 Å².